The van der Waals surface area contributed by atoms with Crippen molar-refractivity contribution in [1.82, 2.24) is 0 Å². The first-order chi connectivity index (χ1) is 10.8. The summed E-state index contributed by atoms with van der Waals surface area (Å²) in [4.78, 5) is 12.1. The number of hydrogen-bond acceptors (Lipinski definition) is 5. The number of carbonyl (C=O) groups excluding carboxylic acids is 1. The van der Waals surface area contributed by atoms with Crippen LogP contribution in [0.3, 0.4) is 0 Å². The number of aryl methyl sites for hydroxylation is 1. The lowest BCUT2D eigenvalue weighted by Crippen LogP contribution is -2.14. The Hall–Kier alpha value is -2.38. The van der Waals surface area contributed by atoms with Gasteiger partial charge in [0.25, 0.3) is 0 Å². The van der Waals surface area contributed by atoms with Crippen molar-refractivity contribution >= 4 is 16.0 Å². The molecule has 0 aromatic heterocycles. The van der Waals surface area contributed by atoms with E-state index in [9.17, 15) is 13.2 Å². The largest absolute Gasteiger partial charge is 0.496 e. The Kier molecular flexibility index (Phi) is 5.02. The van der Waals surface area contributed by atoms with Gasteiger partial charge in [0.1, 0.15) is 12.4 Å². The Morgan fingerprint density at radius 2 is 1.87 bits per heavy atom. The number of ether oxygens (including phenoxy) is 2. The first kappa shape index (κ1) is 17.0. The summed E-state index contributed by atoms with van der Waals surface area (Å²) >= 11 is 0. The van der Waals surface area contributed by atoms with Crippen LogP contribution in [0.1, 0.15) is 21.5 Å². The monoisotopic (exact) mass is 335 g/mol. The first-order valence-electron chi connectivity index (χ1n) is 6.75. The summed E-state index contributed by atoms with van der Waals surface area (Å²) in [6, 6.07) is 11.2. The van der Waals surface area contributed by atoms with Gasteiger partial charge in [-0.25, -0.2) is 18.4 Å². The number of primary sulfonamides is 1. The summed E-state index contributed by atoms with van der Waals surface area (Å²) in [6.07, 6.45) is 0. The van der Waals surface area contributed by atoms with Gasteiger partial charge in [0.15, 0.2) is 0 Å². The molecule has 0 spiro atoms. The Morgan fingerprint density at radius 3 is 2.52 bits per heavy atom. The van der Waals surface area contributed by atoms with Crippen molar-refractivity contribution in [3.63, 3.8) is 0 Å². The van der Waals surface area contributed by atoms with E-state index < -0.39 is 16.0 Å². The molecule has 0 unspecified atom stereocenters. The van der Waals surface area contributed by atoms with Gasteiger partial charge in [-0.2, -0.15) is 0 Å². The SMILES string of the molecule is COc1ccccc1COC(=O)c1cc(S(N)(=O)=O)ccc1C. The van der Waals surface area contributed by atoms with E-state index in [1.807, 2.05) is 6.07 Å². The van der Waals surface area contributed by atoms with E-state index in [2.05, 4.69) is 0 Å². The molecule has 2 N–H and O–H groups in total. The molecule has 0 saturated heterocycles. The number of hydrogen-bond donors (Lipinski definition) is 1. The van der Waals surface area contributed by atoms with E-state index in [1.54, 1.807) is 25.1 Å². The molecule has 7 heteroatoms. The van der Waals surface area contributed by atoms with Crippen molar-refractivity contribution in [3.8, 4) is 5.75 Å². The van der Waals surface area contributed by atoms with Crippen LogP contribution in [0, 0.1) is 6.92 Å². The van der Waals surface area contributed by atoms with Gasteiger partial charge in [0, 0.05) is 5.56 Å². The summed E-state index contributed by atoms with van der Waals surface area (Å²) in [7, 11) is -2.35. The molecule has 6 nitrogen and oxygen atoms in total. The highest BCUT2D eigenvalue weighted by molar-refractivity contribution is 7.89. The second kappa shape index (κ2) is 6.80. The molecular weight excluding hydrogens is 318 g/mol. The maximum atomic E-state index is 12.2. The van der Waals surface area contributed by atoms with Crippen LogP contribution in [0.25, 0.3) is 0 Å². The van der Waals surface area contributed by atoms with E-state index in [4.69, 9.17) is 14.6 Å². The molecule has 0 aliphatic heterocycles. The molecule has 0 fully saturated rings. The summed E-state index contributed by atoms with van der Waals surface area (Å²) < 4.78 is 33.2. The summed E-state index contributed by atoms with van der Waals surface area (Å²) in [5.41, 5.74) is 1.47. The average Bonchev–Trinajstić information content (AvgIpc) is 2.52. The molecule has 122 valence electrons. The number of rotatable bonds is 5. The number of sulfonamides is 1. The molecule has 0 amide bonds. The van der Waals surface area contributed by atoms with Crippen molar-refractivity contribution in [2.45, 2.75) is 18.4 Å². The van der Waals surface area contributed by atoms with E-state index >= 15 is 0 Å². The zero-order chi connectivity index (χ0) is 17.0. The van der Waals surface area contributed by atoms with Gasteiger partial charge in [0.2, 0.25) is 10.0 Å². The maximum Gasteiger partial charge on any atom is 0.338 e. The van der Waals surface area contributed by atoms with Gasteiger partial charge in [-0.05, 0) is 30.7 Å². The molecular formula is C16H17NO5S. The highest BCUT2D eigenvalue weighted by atomic mass is 32.2. The fourth-order valence-corrected chi connectivity index (χ4v) is 2.58. The Morgan fingerprint density at radius 1 is 1.17 bits per heavy atom. The predicted molar refractivity (Wildman–Crippen MR) is 84.7 cm³/mol. The number of esters is 1. The molecule has 2 aromatic rings. The number of nitrogens with two attached hydrogens (primary N) is 1. The topological polar surface area (TPSA) is 95.7 Å². The van der Waals surface area contributed by atoms with Crippen LogP contribution in [-0.2, 0) is 21.4 Å². The average molecular weight is 335 g/mol. The van der Waals surface area contributed by atoms with E-state index in [0.717, 1.165) is 0 Å². The van der Waals surface area contributed by atoms with Crippen molar-refractivity contribution in [2.24, 2.45) is 5.14 Å². The Labute approximate surface area is 134 Å². The second-order valence-electron chi connectivity index (χ2n) is 4.91. The molecule has 0 saturated carbocycles. The van der Waals surface area contributed by atoms with Crippen molar-refractivity contribution < 1.29 is 22.7 Å². The number of para-hydroxylation sites is 1. The van der Waals surface area contributed by atoms with Crippen molar-refractivity contribution in [1.29, 1.82) is 0 Å². The van der Waals surface area contributed by atoms with Gasteiger partial charge < -0.3 is 9.47 Å². The fourth-order valence-electron chi connectivity index (χ4n) is 2.04. The summed E-state index contributed by atoms with van der Waals surface area (Å²) in [5, 5.41) is 5.08. The van der Waals surface area contributed by atoms with Crippen molar-refractivity contribution in [3.05, 3.63) is 59.2 Å². The predicted octanol–water partition coefficient (Wildman–Crippen LogP) is 2.01. The van der Waals surface area contributed by atoms with Crippen molar-refractivity contribution in [2.75, 3.05) is 7.11 Å². The highest BCUT2D eigenvalue weighted by Gasteiger charge is 2.16. The van der Waals surface area contributed by atoms with E-state index in [1.165, 1.54) is 25.3 Å². The minimum Gasteiger partial charge on any atom is -0.496 e. The fraction of sp³-hybridized carbons (Fsp3) is 0.188. The Bertz CT molecular complexity index is 830. The number of carbonyl (C=O) groups is 1. The minimum atomic E-state index is -3.88. The van der Waals surface area contributed by atoms with Crippen LogP contribution in [0.4, 0.5) is 0 Å². The molecule has 2 rings (SSSR count). The normalized spacial score (nSPS) is 11.1. The van der Waals surface area contributed by atoms with Gasteiger partial charge in [0.05, 0.1) is 17.6 Å². The zero-order valence-electron chi connectivity index (χ0n) is 12.8. The van der Waals surface area contributed by atoms with Crippen LogP contribution < -0.4 is 9.88 Å². The summed E-state index contributed by atoms with van der Waals surface area (Å²) in [5.74, 6) is -0.0192. The minimum absolute atomic E-state index is 0.0158. The smallest absolute Gasteiger partial charge is 0.338 e. The lowest BCUT2D eigenvalue weighted by atomic mass is 10.1. The van der Waals surface area contributed by atoms with Crippen LogP contribution in [0.15, 0.2) is 47.4 Å². The third-order valence-electron chi connectivity index (χ3n) is 3.31. The molecule has 0 radical (unpaired) electrons. The molecule has 0 bridgehead atoms. The van der Waals surface area contributed by atoms with Crippen LogP contribution in [0.2, 0.25) is 0 Å². The molecule has 0 heterocycles. The van der Waals surface area contributed by atoms with E-state index in [0.29, 0.717) is 16.9 Å². The highest BCUT2D eigenvalue weighted by Crippen LogP contribution is 2.20. The maximum absolute atomic E-state index is 12.2. The first-order valence-corrected chi connectivity index (χ1v) is 8.30. The molecule has 23 heavy (non-hydrogen) atoms. The van der Waals surface area contributed by atoms with Gasteiger partial charge >= 0.3 is 5.97 Å². The van der Waals surface area contributed by atoms with E-state index in [-0.39, 0.29) is 17.1 Å². The van der Waals surface area contributed by atoms with Crippen LogP contribution >= 0.6 is 0 Å². The zero-order valence-corrected chi connectivity index (χ0v) is 13.6. The van der Waals surface area contributed by atoms with Gasteiger partial charge in [-0.15, -0.1) is 0 Å². The molecule has 0 aliphatic carbocycles. The summed E-state index contributed by atoms with van der Waals surface area (Å²) in [6.45, 7) is 1.70. The standard InChI is InChI=1S/C16H17NO5S/c1-11-7-8-13(23(17,19)20)9-14(11)16(18)22-10-12-5-3-4-6-15(12)21-2/h3-9H,10H2,1-2H3,(H2,17,19,20). The lowest BCUT2D eigenvalue weighted by molar-refractivity contribution is 0.0469. The quantitative estimate of drug-likeness (QED) is 0.843. The van der Waals surface area contributed by atoms with Crippen LogP contribution in [-0.4, -0.2) is 21.5 Å². The van der Waals surface area contributed by atoms with Gasteiger partial charge in [-0.1, -0.05) is 24.3 Å². The molecule has 0 aliphatic rings. The number of benzene rings is 2. The van der Waals surface area contributed by atoms with Gasteiger partial charge in [-0.3, -0.25) is 0 Å². The third kappa shape index (κ3) is 4.08. The lowest BCUT2D eigenvalue weighted by Gasteiger charge is -2.11. The number of methoxy groups -OCH3 is 1. The van der Waals surface area contributed by atoms with Crippen LogP contribution in [0.5, 0.6) is 5.75 Å². The Balaban J connectivity index is 2.21. The molecule has 2 aromatic carbocycles. The molecule has 0 atom stereocenters. The second-order valence-corrected chi connectivity index (χ2v) is 6.47. The third-order valence-corrected chi connectivity index (χ3v) is 4.22.